The first-order valence-corrected chi connectivity index (χ1v) is 6.52. The third-order valence-electron chi connectivity index (χ3n) is 2.52. The molecular formula is C16H19Cl. The Kier molecular flexibility index (Phi) is 5.79. The number of benzene rings is 2. The van der Waals surface area contributed by atoms with Crippen molar-refractivity contribution in [1.82, 2.24) is 0 Å². The first-order chi connectivity index (χ1) is 8.29. The molecule has 0 saturated heterocycles. The maximum atomic E-state index is 5.95. The highest BCUT2D eigenvalue weighted by molar-refractivity contribution is 6.30. The van der Waals surface area contributed by atoms with Gasteiger partial charge in [-0.15, -0.1) is 0 Å². The van der Waals surface area contributed by atoms with E-state index >= 15 is 0 Å². The zero-order chi connectivity index (χ0) is 12.7. The molecular weight excluding hydrogens is 228 g/mol. The van der Waals surface area contributed by atoms with E-state index in [0.717, 1.165) is 11.4 Å². The van der Waals surface area contributed by atoms with Crippen LogP contribution in [0.2, 0.25) is 5.02 Å². The summed E-state index contributed by atoms with van der Waals surface area (Å²) in [6, 6.07) is 16.5. The Morgan fingerprint density at radius 3 is 2.06 bits per heavy atom. The third-order valence-corrected chi connectivity index (χ3v) is 2.76. The first kappa shape index (κ1) is 13.8. The fourth-order valence-electron chi connectivity index (χ4n) is 1.60. The molecule has 0 aromatic heterocycles. The van der Waals surface area contributed by atoms with Crippen molar-refractivity contribution >= 4 is 11.6 Å². The minimum atomic E-state index is 0.784. The molecule has 90 valence electrons. The van der Waals surface area contributed by atoms with Crippen LogP contribution in [0.3, 0.4) is 0 Å². The van der Waals surface area contributed by atoms with Gasteiger partial charge in [-0.25, -0.2) is 0 Å². The third kappa shape index (κ3) is 3.90. The van der Waals surface area contributed by atoms with Crippen LogP contribution < -0.4 is 0 Å². The highest BCUT2D eigenvalue weighted by Crippen LogP contribution is 2.22. The number of aryl methyl sites for hydroxylation is 1. The zero-order valence-corrected chi connectivity index (χ0v) is 11.5. The minimum Gasteiger partial charge on any atom is -0.0843 e. The van der Waals surface area contributed by atoms with Gasteiger partial charge < -0.3 is 0 Å². The molecule has 0 fully saturated rings. The summed E-state index contributed by atoms with van der Waals surface area (Å²) in [6.07, 6.45) is 1.08. The molecule has 0 aliphatic carbocycles. The van der Waals surface area contributed by atoms with E-state index in [4.69, 9.17) is 11.6 Å². The van der Waals surface area contributed by atoms with Gasteiger partial charge in [0.15, 0.2) is 0 Å². The van der Waals surface area contributed by atoms with Crippen LogP contribution in [0.4, 0.5) is 0 Å². The van der Waals surface area contributed by atoms with Gasteiger partial charge in [-0.3, -0.25) is 0 Å². The number of hydrogen-bond acceptors (Lipinski definition) is 0. The predicted molar refractivity (Wildman–Crippen MR) is 77.6 cm³/mol. The van der Waals surface area contributed by atoms with E-state index in [1.54, 1.807) is 0 Å². The average Bonchev–Trinajstić information content (AvgIpc) is 2.41. The number of hydrogen-bond donors (Lipinski definition) is 0. The summed E-state index contributed by atoms with van der Waals surface area (Å²) in [4.78, 5) is 0. The Balaban J connectivity index is 0.000000686. The number of rotatable bonds is 2. The lowest BCUT2D eigenvalue weighted by molar-refractivity contribution is 1.14. The lowest BCUT2D eigenvalue weighted by atomic mass is 10.0. The summed E-state index contributed by atoms with van der Waals surface area (Å²) in [7, 11) is 0. The molecule has 0 unspecified atom stereocenters. The largest absolute Gasteiger partial charge is 0.0843 e. The van der Waals surface area contributed by atoms with Crippen molar-refractivity contribution in [3.8, 4) is 11.1 Å². The van der Waals surface area contributed by atoms with Crippen LogP contribution in [0.5, 0.6) is 0 Å². The van der Waals surface area contributed by atoms with Crippen molar-refractivity contribution in [2.45, 2.75) is 27.2 Å². The maximum absolute atomic E-state index is 5.95. The molecule has 0 aliphatic heterocycles. The van der Waals surface area contributed by atoms with E-state index in [9.17, 15) is 0 Å². The van der Waals surface area contributed by atoms with Crippen LogP contribution in [0, 0.1) is 0 Å². The summed E-state index contributed by atoms with van der Waals surface area (Å²) in [6.45, 7) is 6.16. The lowest BCUT2D eigenvalue weighted by Crippen LogP contribution is -1.81. The Bertz CT molecular complexity index is 443. The second-order valence-electron chi connectivity index (χ2n) is 3.56. The van der Waals surface area contributed by atoms with Gasteiger partial charge in [-0.05, 0) is 35.2 Å². The predicted octanol–water partition coefficient (Wildman–Crippen LogP) is 5.60. The van der Waals surface area contributed by atoms with Gasteiger partial charge in [0.25, 0.3) is 0 Å². The van der Waals surface area contributed by atoms with Crippen molar-refractivity contribution in [1.29, 1.82) is 0 Å². The quantitative estimate of drug-likeness (QED) is 0.647. The monoisotopic (exact) mass is 246 g/mol. The molecule has 2 rings (SSSR count). The van der Waals surface area contributed by atoms with Gasteiger partial charge in [-0.2, -0.15) is 0 Å². The van der Waals surface area contributed by atoms with Gasteiger partial charge in [-0.1, -0.05) is 68.8 Å². The van der Waals surface area contributed by atoms with Crippen LogP contribution in [0.1, 0.15) is 26.3 Å². The van der Waals surface area contributed by atoms with Crippen LogP contribution >= 0.6 is 11.6 Å². The van der Waals surface area contributed by atoms with Gasteiger partial charge in [0.1, 0.15) is 0 Å². The first-order valence-electron chi connectivity index (χ1n) is 6.14. The highest BCUT2D eigenvalue weighted by Gasteiger charge is 1.97. The van der Waals surface area contributed by atoms with E-state index < -0.39 is 0 Å². The Morgan fingerprint density at radius 1 is 0.882 bits per heavy atom. The number of halogens is 1. The molecule has 0 N–H and O–H groups in total. The zero-order valence-electron chi connectivity index (χ0n) is 10.7. The van der Waals surface area contributed by atoms with E-state index in [-0.39, 0.29) is 0 Å². The second kappa shape index (κ2) is 7.13. The van der Waals surface area contributed by atoms with Crippen molar-refractivity contribution in [3.63, 3.8) is 0 Å². The van der Waals surface area contributed by atoms with Crippen LogP contribution in [-0.4, -0.2) is 0 Å². The van der Waals surface area contributed by atoms with Crippen LogP contribution in [-0.2, 0) is 6.42 Å². The van der Waals surface area contributed by atoms with Crippen LogP contribution in [0.25, 0.3) is 11.1 Å². The SMILES string of the molecule is CC.CCc1ccc(-c2cccc(Cl)c2)cc1. The molecule has 0 nitrogen and oxygen atoms in total. The maximum Gasteiger partial charge on any atom is 0.0412 e. The van der Waals surface area contributed by atoms with Crippen LogP contribution in [0.15, 0.2) is 48.5 Å². The summed E-state index contributed by atoms with van der Waals surface area (Å²) in [5.74, 6) is 0. The van der Waals surface area contributed by atoms with Gasteiger partial charge in [0.05, 0.1) is 0 Å². The van der Waals surface area contributed by atoms with Crippen molar-refractivity contribution < 1.29 is 0 Å². The molecule has 17 heavy (non-hydrogen) atoms. The highest BCUT2D eigenvalue weighted by atomic mass is 35.5. The second-order valence-corrected chi connectivity index (χ2v) is 4.00. The minimum absolute atomic E-state index is 0.784. The smallest absolute Gasteiger partial charge is 0.0412 e. The molecule has 0 aliphatic rings. The molecule has 0 bridgehead atoms. The summed E-state index contributed by atoms with van der Waals surface area (Å²) >= 11 is 5.95. The fraction of sp³-hybridized carbons (Fsp3) is 0.250. The average molecular weight is 247 g/mol. The topological polar surface area (TPSA) is 0 Å². The van der Waals surface area contributed by atoms with E-state index in [1.807, 2.05) is 32.0 Å². The molecule has 2 aromatic carbocycles. The van der Waals surface area contributed by atoms with E-state index in [0.29, 0.717) is 0 Å². The molecule has 0 spiro atoms. The Morgan fingerprint density at radius 2 is 1.53 bits per heavy atom. The molecule has 1 heteroatoms. The van der Waals surface area contributed by atoms with E-state index in [2.05, 4.69) is 37.3 Å². The molecule has 0 atom stereocenters. The molecule has 0 radical (unpaired) electrons. The van der Waals surface area contributed by atoms with E-state index in [1.165, 1.54) is 16.7 Å². The summed E-state index contributed by atoms with van der Waals surface area (Å²) in [5.41, 5.74) is 3.75. The molecule has 0 amide bonds. The van der Waals surface area contributed by atoms with Gasteiger partial charge >= 0.3 is 0 Å². The van der Waals surface area contributed by atoms with Gasteiger partial charge in [0, 0.05) is 5.02 Å². The normalized spacial score (nSPS) is 9.41. The molecule has 2 aromatic rings. The van der Waals surface area contributed by atoms with Crippen molar-refractivity contribution in [2.75, 3.05) is 0 Å². The lowest BCUT2D eigenvalue weighted by Gasteiger charge is -2.03. The summed E-state index contributed by atoms with van der Waals surface area (Å²) in [5, 5.41) is 0.784. The molecule has 0 saturated carbocycles. The van der Waals surface area contributed by atoms with Gasteiger partial charge in [0.2, 0.25) is 0 Å². The van der Waals surface area contributed by atoms with Crippen molar-refractivity contribution in [3.05, 3.63) is 59.1 Å². The van der Waals surface area contributed by atoms with Crippen molar-refractivity contribution in [2.24, 2.45) is 0 Å². The fourth-order valence-corrected chi connectivity index (χ4v) is 1.79. The standard InChI is InChI=1S/C14H13Cl.C2H6/c1-2-11-6-8-12(9-7-11)13-4-3-5-14(15)10-13;1-2/h3-10H,2H2,1H3;1-2H3. The Labute approximate surface area is 109 Å². The Hall–Kier alpha value is -1.27. The molecule has 0 heterocycles. The summed E-state index contributed by atoms with van der Waals surface area (Å²) < 4.78 is 0.